The molecule has 7 nitrogen and oxygen atoms in total. The summed E-state index contributed by atoms with van der Waals surface area (Å²) in [6.07, 6.45) is 1.06. The van der Waals surface area contributed by atoms with Crippen molar-refractivity contribution < 1.29 is 13.9 Å². The van der Waals surface area contributed by atoms with Gasteiger partial charge in [0, 0.05) is 32.4 Å². The van der Waals surface area contributed by atoms with Gasteiger partial charge in [0.2, 0.25) is 5.28 Å². The van der Waals surface area contributed by atoms with Gasteiger partial charge >= 0.3 is 6.09 Å². The number of carbonyl (C=O) groups is 1. The monoisotopic (exact) mass is 401 g/mol. The molecule has 1 aliphatic rings. The second-order valence-corrected chi connectivity index (χ2v) is 7.59. The maximum atomic E-state index is 14.2. The summed E-state index contributed by atoms with van der Waals surface area (Å²) >= 11 is 11.7. The lowest BCUT2D eigenvalue weighted by molar-refractivity contribution is 0.0240. The predicted molar refractivity (Wildman–Crippen MR) is 97.3 cm³/mol. The van der Waals surface area contributed by atoms with Gasteiger partial charge in [-0.05, 0) is 32.4 Å². The van der Waals surface area contributed by atoms with Crippen LogP contribution in [0.15, 0.2) is 6.20 Å². The molecule has 0 aromatic carbocycles. The van der Waals surface area contributed by atoms with Crippen molar-refractivity contribution in [2.45, 2.75) is 26.4 Å². The largest absolute Gasteiger partial charge is 0.444 e. The van der Waals surface area contributed by atoms with E-state index in [1.807, 2.05) is 25.7 Å². The number of amides is 1. The van der Waals surface area contributed by atoms with Gasteiger partial charge in [-0.15, -0.1) is 0 Å². The van der Waals surface area contributed by atoms with E-state index in [1.165, 1.54) is 6.20 Å². The quantitative estimate of drug-likeness (QED) is 0.537. The summed E-state index contributed by atoms with van der Waals surface area (Å²) in [5.74, 6) is -0.269. The van der Waals surface area contributed by atoms with E-state index in [-0.39, 0.29) is 22.0 Å². The van der Waals surface area contributed by atoms with E-state index in [4.69, 9.17) is 27.9 Å². The van der Waals surface area contributed by atoms with Gasteiger partial charge in [0.05, 0.1) is 5.39 Å². The minimum Gasteiger partial charge on any atom is -0.444 e. The minimum absolute atomic E-state index is 0.0228. The zero-order valence-electron chi connectivity index (χ0n) is 14.6. The third kappa shape index (κ3) is 3.91. The highest BCUT2D eigenvalue weighted by atomic mass is 35.5. The topological polar surface area (TPSA) is 71.5 Å². The zero-order valence-corrected chi connectivity index (χ0v) is 16.1. The molecule has 0 bridgehead atoms. The van der Waals surface area contributed by atoms with Crippen LogP contribution in [0.2, 0.25) is 10.4 Å². The number of nitrogens with zero attached hydrogens (tertiary/aromatic N) is 5. The smallest absolute Gasteiger partial charge is 0.410 e. The Morgan fingerprint density at radius 1 is 1.19 bits per heavy atom. The highest BCUT2D eigenvalue weighted by molar-refractivity contribution is 6.30. The molecule has 1 saturated heterocycles. The third-order valence-corrected chi connectivity index (χ3v) is 4.26. The van der Waals surface area contributed by atoms with Crippen LogP contribution >= 0.6 is 23.2 Å². The second kappa shape index (κ2) is 7.00. The van der Waals surface area contributed by atoms with E-state index in [0.717, 1.165) is 0 Å². The van der Waals surface area contributed by atoms with E-state index in [0.29, 0.717) is 37.4 Å². The summed E-state index contributed by atoms with van der Waals surface area (Å²) in [6, 6.07) is 0. The van der Waals surface area contributed by atoms with Crippen LogP contribution < -0.4 is 4.90 Å². The Labute approximate surface area is 160 Å². The van der Waals surface area contributed by atoms with Gasteiger partial charge in [0.15, 0.2) is 11.0 Å². The lowest BCUT2D eigenvalue weighted by Crippen LogP contribution is -2.50. The highest BCUT2D eigenvalue weighted by Crippen LogP contribution is 2.29. The molecule has 140 valence electrons. The van der Waals surface area contributed by atoms with E-state index >= 15 is 0 Å². The fraction of sp³-hybridized carbons (Fsp3) is 0.500. The van der Waals surface area contributed by atoms with Crippen molar-refractivity contribution in [2.24, 2.45) is 0 Å². The lowest BCUT2D eigenvalue weighted by Gasteiger charge is -2.36. The van der Waals surface area contributed by atoms with Crippen molar-refractivity contribution in [3.05, 3.63) is 22.5 Å². The van der Waals surface area contributed by atoms with Gasteiger partial charge in [-0.1, -0.05) is 11.6 Å². The van der Waals surface area contributed by atoms with Crippen LogP contribution in [-0.4, -0.2) is 57.7 Å². The number of ether oxygens (including phenoxy) is 1. The van der Waals surface area contributed by atoms with Crippen molar-refractivity contribution in [2.75, 3.05) is 31.1 Å². The average molecular weight is 402 g/mol. The molecule has 2 aromatic heterocycles. The molecular weight excluding hydrogens is 384 g/mol. The molecule has 0 radical (unpaired) electrons. The molecule has 0 aliphatic carbocycles. The molecule has 0 unspecified atom stereocenters. The first-order valence-corrected chi connectivity index (χ1v) is 8.81. The normalized spacial score (nSPS) is 15.5. The summed E-state index contributed by atoms with van der Waals surface area (Å²) in [5.41, 5.74) is -0.526. The first kappa shape index (κ1) is 18.8. The van der Waals surface area contributed by atoms with E-state index in [1.54, 1.807) is 4.90 Å². The van der Waals surface area contributed by atoms with Crippen molar-refractivity contribution >= 4 is 46.0 Å². The molecule has 26 heavy (non-hydrogen) atoms. The Hall–Kier alpha value is -1.93. The average Bonchev–Trinajstić information content (AvgIpc) is 2.56. The summed E-state index contributed by atoms with van der Waals surface area (Å²) in [7, 11) is 0. The van der Waals surface area contributed by atoms with E-state index < -0.39 is 11.4 Å². The first-order chi connectivity index (χ1) is 12.2. The molecule has 3 heterocycles. The number of fused-ring (bicyclic) bond motifs is 1. The lowest BCUT2D eigenvalue weighted by atomic mass is 10.2. The fourth-order valence-corrected chi connectivity index (χ4v) is 2.96. The third-order valence-electron chi connectivity index (χ3n) is 3.83. The second-order valence-electron chi connectivity index (χ2n) is 6.90. The van der Waals surface area contributed by atoms with Crippen molar-refractivity contribution in [1.29, 1.82) is 0 Å². The maximum absolute atomic E-state index is 14.2. The first-order valence-electron chi connectivity index (χ1n) is 8.06. The number of aromatic nitrogens is 3. The predicted octanol–water partition coefficient (Wildman–Crippen LogP) is 3.53. The van der Waals surface area contributed by atoms with Gasteiger partial charge in [0.1, 0.15) is 16.9 Å². The van der Waals surface area contributed by atoms with E-state index in [9.17, 15) is 9.18 Å². The van der Waals surface area contributed by atoms with Crippen molar-refractivity contribution in [1.82, 2.24) is 19.9 Å². The Kier molecular flexibility index (Phi) is 5.07. The van der Waals surface area contributed by atoms with Gasteiger partial charge in [-0.3, -0.25) is 0 Å². The SMILES string of the molecule is CC(C)(C)OC(=O)N1CCN(c2nc(Cl)nc3c(F)c(Cl)ncc23)CC1. The summed E-state index contributed by atoms with van der Waals surface area (Å²) < 4.78 is 19.6. The maximum Gasteiger partial charge on any atom is 0.410 e. The number of carbonyl (C=O) groups excluding carboxylic acids is 1. The number of anilines is 1. The van der Waals surface area contributed by atoms with Gasteiger partial charge < -0.3 is 14.5 Å². The zero-order chi connectivity index (χ0) is 19.1. The van der Waals surface area contributed by atoms with Crippen LogP contribution in [0.1, 0.15) is 20.8 Å². The van der Waals surface area contributed by atoms with Gasteiger partial charge in [-0.25, -0.2) is 19.2 Å². The van der Waals surface area contributed by atoms with Crippen LogP contribution in [0.25, 0.3) is 10.9 Å². The van der Waals surface area contributed by atoms with Crippen LogP contribution in [-0.2, 0) is 4.74 Å². The summed E-state index contributed by atoms with van der Waals surface area (Å²) in [4.78, 5) is 27.7. The van der Waals surface area contributed by atoms with Gasteiger partial charge in [-0.2, -0.15) is 4.98 Å². The minimum atomic E-state index is -0.734. The van der Waals surface area contributed by atoms with Crippen LogP contribution in [0, 0.1) is 5.82 Å². The Morgan fingerprint density at radius 2 is 1.85 bits per heavy atom. The molecule has 2 aromatic rings. The van der Waals surface area contributed by atoms with Crippen LogP contribution in [0.4, 0.5) is 15.0 Å². The van der Waals surface area contributed by atoms with E-state index in [2.05, 4.69) is 15.0 Å². The van der Waals surface area contributed by atoms with Gasteiger partial charge in [0.25, 0.3) is 0 Å². The molecule has 1 amide bonds. The number of piperazine rings is 1. The number of pyridine rings is 1. The molecule has 1 fully saturated rings. The Balaban J connectivity index is 1.82. The number of rotatable bonds is 1. The molecule has 0 spiro atoms. The fourth-order valence-electron chi connectivity index (χ4n) is 2.66. The Morgan fingerprint density at radius 3 is 2.46 bits per heavy atom. The number of halogens is 3. The standard InChI is InChI=1S/C16H18Cl2FN5O2/c1-16(2,3)26-15(25)24-6-4-23(5-7-24)13-9-8-20-12(17)10(19)11(9)21-14(18)22-13/h8H,4-7H2,1-3H3. The highest BCUT2D eigenvalue weighted by Gasteiger charge is 2.27. The molecule has 0 saturated carbocycles. The molecule has 0 atom stereocenters. The summed E-state index contributed by atoms with van der Waals surface area (Å²) in [5, 5.41) is 0.0678. The molecule has 0 N–H and O–H groups in total. The molecule has 3 rings (SSSR count). The summed E-state index contributed by atoms with van der Waals surface area (Å²) in [6.45, 7) is 7.34. The van der Waals surface area contributed by atoms with Crippen LogP contribution in [0.5, 0.6) is 0 Å². The number of hydrogen-bond acceptors (Lipinski definition) is 6. The molecular formula is C16H18Cl2FN5O2. The van der Waals surface area contributed by atoms with Crippen molar-refractivity contribution in [3.8, 4) is 0 Å². The van der Waals surface area contributed by atoms with Crippen LogP contribution in [0.3, 0.4) is 0 Å². The van der Waals surface area contributed by atoms with Crippen molar-refractivity contribution in [3.63, 3.8) is 0 Å². The number of hydrogen-bond donors (Lipinski definition) is 0. The molecule has 1 aliphatic heterocycles. The Bertz CT molecular complexity index is 851. The molecule has 10 heteroatoms.